The third-order valence-corrected chi connectivity index (χ3v) is 2.26. The average Bonchev–Trinajstić information content (AvgIpc) is 2.03. The summed E-state index contributed by atoms with van der Waals surface area (Å²) in [6.45, 7) is 5.36. The third-order valence-electron chi connectivity index (χ3n) is 1.77. The van der Waals surface area contributed by atoms with Crippen LogP contribution in [0.3, 0.4) is 0 Å². The zero-order valence-corrected chi connectivity index (χ0v) is 8.76. The Hall–Kier alpha value is -1.09. The summed E-state index contributed by atoms with van der Waals surface area (Å²) in [6.07, 6.45) is 0. The molecular formula is C10H9BrO2. The fourth-order valence-corrected chi connectivity index (χ4v) is 1.56. The SMILES string of the molecule is C=C(C(=O)O)c1ccc(Br)cc1C. The number of hydrogen-bond donors (Lipinski definition) is 1. The average molecular weight is 241 g/mol. The van der Waals surface area contributed by atoms with Crippen LogP contribution in [-0.2, 0) is 4.79 Å². The van der Waals surface area contributed by atoms with E-state index in [-0.39, 0.29) is 5.57 Å². The van der Waals surface area contributed by atoms with E-state index in [0.29, 0.717) is 5.56 Å². The van der Waals surface area contributed by atoms with Gasteiger partial charge in [0, 0.05) is 4.47 Å². The molecule has 68 valence electrons. The molecule has 2 nitrogen and oxygen atoms in total. The Morgan fingerprint density at radius 2 is 2.15 bits per heavy atom. The van der Waals surface area contributed by atoms with Crippen molar-refractivity contribution in [3.63, 3.8) is 0 Å². The summed E-state index contributed by atoms with van der Waals surface area (Å²) < 4.78 is 0.937. The first-order valence-corrected chi connectivity index (χ1v) is 4.50. The van der Waals surface area contributed by atoms with Gasteiger partial charge in [-0.3, -0.25) is 0 Å². The standard InChI is InChI=1S/C10H9BrO2/c1-6-5-8(11)3-4-9(6)7(2)10(12)13/h3-5H,2H2,1H3,(H,12,13). The monoisotopic (exact) mass is 240 g/mol. The van der Waals surface area contributed by atoms with Crippen molar-refractivity contribution in [3.05, 3.63) is 40.4 Å². The molecule has 0 aliphatic heterocycles. The van der Waals surface area contributed by atoms with Crippen LogP contribution in [0.15, 0.2) is 29.3 Å². The molecule has 0 aromatic heterocycles. The van der Waals surface area contributed by atoms with Crippen LogP contribution in [0.2, 0.25) is 0 Å². The lowest BCUT2D eigenvalue weighted by atomic mass is 10.0. The molecule has 3 heteroatoms. The van der Waals surface area contributed by atoms with Crippen LogP contribution in [0.1, 0.15) is 11.1 Å². The smallest absolute Gasteiger partial charge is 0.335 e. The molecular weight excluding hydrogens is 232 g/mol. The van der Waals surface area contributed by atoms with E-state index in [2.05, 4.69) is 22.5 Å². The zero-order valence-electron chi connectivity index (χ0n) is 7.17. The zero-order chi connectivity index (χ0) is 10.0. The van der Waals surface area contributed by atoms with Crippen LogP contribution in [0.5, 0.6) is 0 Å². The van der Waals surface area contributed by atoms with Gasteiger partial charge >= 0.3 is 5.97 Å². The maximum absolute atomic E-state index is 10.6. The van der Waals surface area contributed by atoms with Gasteiger partial charge in [-0.1, -0.05) is 28.6 Å². The van der Waals surface area contributed by atoms with Crippen LogP contribution < -0.4 is 0 Å². The maximum atomic E-state index is 10.6. The van der Waals surface area contributed by atoms with Gasteiger partial charge in [-0.2, -0.15) is 0 Å². The van der Waals surface area contributed by atoms with Gasteiger partial charge in [0.2, 0.25) is 0 Å². The molecule has 0 aliphatic carbocycles. The molecule has 0 atom stereocenters. The minimum atomic E-state index is -0.981. The molecule has 1 aromatic rings. The highest BCUT2D eigenvalue weighted by Crippen LogP contribution is 2.21. The predicted octanol–water partition coefficient (Wildman–Crippen LogP) is 2.86. The number of carboxylic acids is 1. The van der Waals surface area contributed by atoms with E-state index in [9.17, 15) is 4.79 Å². The van der Waals surface area contributed by atoms with E-state index in [4.69, 9.17) is 5.11 Å². The highest BCUT2D eigenvalue weighted by Gasteiger charge is 2.09. The maximum Gasteiger partial charge on any atom is 0.335 e. The molecule has 1 N–H and O–H groups in total. The second-order valence-corrected chi connectivity index (χ2v) is 3.66. The van der Waals surface area contributed by atoms with Crippen molar-refractivity contribution >= 4 is 27.5 Å². The summed E-state index contributed by atoms with van der Waals surface area (Å²) in [5.74, 6) is -0.981. The summed E-state index contributed by atoms with van der Waals surface area (Å²) in [6, 6.07) is 5.41. The van der Waals surface area contributed by atoms with Gasteiger partial charge in [0.1, 0.15) is 0 Å². The van der Waals surface area contributed by atoms with Gasteiger partial charge in [0.15, 0.2) is 0 Å². The number of carboxylic acid groups (broad SMARTS) is 1. The highest BCUT2D eigenvalue weighted by atomic mass is 79.9. The van der Waals surface area contributed by atoms with Crippen LogP contribution >= 0.6 is 15.9 Å². The lowest BCUT2D eigenvalue weighted by molar-refractivity contribution is -0.130. The highest BCUT2D eigenvalue weighted by molar-refractivity contribution is 9.10. The molecule has 0 spiro atoms. The van der Waals surface area contributed by atoms with Crippen molar-refractivity contribution in [1.29, 1.82) is 0 Å². The molecule has 13 heavy (non-hydrogen) atoms. The Morgan fingerprint density at radius 3 is 2.62 bits per heavy atom. The van der Waals surface area contributed by atoms with Crippen molar-refractivity contribution in [2.24, 2.45) is 0 Å². The first-order valence-electron chi connectivity index (χ1n) is 3.71. The summed E-state index contributed by atoms with van der Waals surface area (Å²) in [4.78, 5) is 10.6. The number of halogens is 1. The Balaban J connectivity index is 3.16. The fraction of sp³-hybridized carbons (Fsp3) is 0.100. The quantitative estimate of drug-likeness (QED) is 0.808. The van der Waals surface area contributed by atoms with Gasteiger partial charge in [-0.15, -0.1) is 0 Å². The lowest BCUT2D eigenvalue weighted by Crippen LogP contribution is -1.99. The van der Waals surface area contributed by atoms with Crippen LogP contribution in [0, 0.1) is 6.92 Å². The number of rotatable bonds is 2. The summed E-state index contributed by atoms with van der Waals surface area (Å²) in [5.41, 5.74) is 1.71. The Bertz CT molecular complexity index is 369. The van der Waals surface area contributed by atoms with E-state index in [1.807, 2.05) is 13.0 Å². The Kier molecular flexibility index (Phi) is 2.88. The van der Waals surface area contributed by atoms with Gasteiger partial charge in [0.05, 0.1) is 5.57 Å². The van der Waals surface area contributed by atoms with E-state index in [0.717, 1.165) is 10.0 Å². The van der Waals surface area contributed by atoms with Gasteiger partial charge < -0.3 is 5.11 Å². The minimum absolute atomic E-state index is 0.130. The molecule has 0 aliphatic rings. The fourth-order valence-electron chi connectivity index (χ4n) is 1.08. The van der Waals surface area contributed by atoms with E-state index < -0.39 is 5.97 Å². The molecule has 0 bridgehead atoms. The number of aryl methyl sites for hydroxylation is 1. The predicted molar refractivity (Wildman–Crippen MR) is 55.5 cm³/mol. The van der Waals surface area contributed by atoms with Gasteiger partial charge in [-0.05, 0) is 30.2 Å². The molecule has 1 rings (SSSR count). The van der Waals surface area contributed by atoms with Crippen molar-refractivity contribution in [3.8, 4) is 0 Å². The second kappa shape index (κ2) is 3.75. The van der Waals surface area contributed by atoms with Gasteiger partial charge in [-0.25, -0.2) is 4.79 Å². The number of carbonyl (C=O) groups is 1. The normalized spacial score (nSPS) is 9.69. The minimum Gasteiger partial charge on any atom is -0.478 e. The molecule has 0 radical (unpaired) electrons. The Labute approximate surface area is 85.0 Å². The number of benzene rings is 1. The molecule has 0 saturated heterocycles. The number of aliphatic carboxylic acids is 1. The van der Waals surface area contributed by atoms with Gasteiger partial charge in [0.25, 0.3) is 0 Å². The lowest BCUT2D eigenvalue weighted by Gasteiger charge is -2.05. The van der Waals surface area contributed by atoms with E-state index in [1.165, 1.54) is 0 Å². The Morgan fingerprint density at radius 1 is 1.54 bits per heavy atom. The molecule has 0 heterocycles. The molecule has 0 unspecified atom stereocenters. The third kappa shape index (κ3) is 2.18. The first-order chi connectivity index (χ1) is 6.02. The number of hydrogen-bond acceptors (Lipinski definition) is 1. The molecule has 0 fully saturated rings. The summed E-state index contributed by atoms with van der Waals surface area (Å²) in [7, 11) is 0. The molecule has 0 saturated carbocycles. The van der Waals surface area contributed by atoms with Crippen molar-refractivity contribution in [2.75, 3.05) is 0 Å². The van der Waals surface area contributed by atoms with Crippen molar-refractivity contribution < 1.29 is 9.90 Å². The van der Waals surface area contributed by atoms with Crippen LogP contribution in [0.4, 0.5) is 0 Å². The van der Waals surface area contributed by atoms with Crippen molar-refractivity contribution in [2.45, 2.75) is 6.92 Å². The molecule has 0 amide bonds. The van der Waals surface area contributed by atoms with Crippen LogP contribution in [-0.4, -0.2) is 11.1 Å². The van der Waals surface area contributed by atoms with E-state index in [1.54, 1.807) is 12.1 Å². The largest absolute Gasteiger partial charge is 0.478 e. The molecule has 1 aromatic carbocycles. The second-order valence-electron chi connectivity index (χ2n) is 2.74. The van der Waals surface area contributed by atoms with Crippen LogP contribution in [0.25, 0.3) is 5.57 Å². The van der Waals surface area contributed by atoms with Crippen molar-refractivity contribution in [1.82, 2.24) is 0 Å². The summed E-state index contributed by atoms with van der Waals surface area (Å²) >= 11 is 3.31. The first kappa shape index (κ1) is 9.99. The summed E-state index contributed by atoms with van der Waals surface area (Å²) in [5, 5.41) is 8.72. The topological polar surface area (TPSA) is 37.3 Å². The van der Waals surface area contributed by atoms with E-state index >= 15 is 0 Å².